The van der Waals surface area contributed by atoms with Crippen molar-refractivity contribution in [2.75, 3.05) is 13.1 Å². The Morgan fingerprint density at radius 2 is 2.43 bits per heavy atom. The highest BCUT2D eigenvalue weighted by atomic mass is 32.1. The number of H-pyrrole nitrogens is 1. The van der Waals surface area contributed by atoms with E-state index in [0.29, 0.717) is 6.42 Å². The normalized spacial score (nSPS) is 24.5. The van der Waals surface area contributed by atoms with E-state index in [4.69, 9.17) is 0 Å². The number of carbonyl (C=O) groups is 1. The summed E-state index contributed by atoms with van der Waals surface area (Å²) in [4.78, 5) is 15.8. The van der Waals surface area contributed by atoms with Crippen LogP contribution in [0.5, 0.6) is 0 Å². The lowest BCUT2D eigenvalue weighted by molar-refractivity contribution is -0.132. The first kappa shape index (κ1) is 13.1. The van der Waals surface area contributed by atoms with Crippen LogP contribution in [-0.4, -0.2) is 34.1 Å². The molecule has 2 aromatic heterocycles. The zero-order chi connectivity index (χ0) is 14.3. The summed E-state index contributed by atoms with van der Waals surface area (Å²) in [5.74, 6) is 0.268. The molecule has 4 nitrogen and oxygen atoms in total. The number of nitrogens with zero attached hydrogens (tertiary/aromatic N) is 2. The molecule has 2 aromatic rings. The van der Waals surface area contributed by atoms with E-state index in [2.05, 4.69) is 15.1 Å². The lowest BCUT2D eigenvalue weighted by atomic mass is 9.77. The second-order valence-corrected chi connectivity index (χ2v) is 7.26. The number of likely N-dealkylation sites (tertiary alicyclic amines) is 1. The molecule has 1 unspecified atom stereocenters. The predicted octanol–water partition coefficient (Wildman–Crippen LogP) is 2.52. The van der Waals surface area contributed by atoms with Crippen LogP contribution >= 0.6 is 11.3 Å². The first-order valence-electron chi connectivity index (χ1n) is 7.60. The maximum absolute atomic E-state index is 12.6. The average Bonchev–Trinajstić information content (AvgIpc) is 3.20. The number of piperidine rings is 1. The number of thiophene rings is 1. The van der Waals surface area contributed by atoms with Gasteiger partial charge in [0.1, 0.15) is 0 Å². The molecule has 1 fully saturated rings. The van der Waals surface area contributed by atoms with E-state index in [1.807, 2.05) is 23.7 Å². The number of amides is 1. The van der Waals surface area contributed by atoms with Gasteiger partial charge >= 0.3 is 0 Å². The summed E-state index contributed by atoms with van der Waals surface area (Å²) in [6, 6.07) is 4.06. The molecule has 1 aliphatic heterocycles. The zero-order valence-electron chi connectivity index (χ0n) is 12.0. The van der Waals surface area contributed by atoms with Gasteiger partial charge in [0.2, 0.25) is 5.91 Å². The molecule has 1 amide bonds. The molecule has 1 N–H and O–H groups in total. The van der Waals surface area contributed by atoms with Gasteiger partial charge in [0.05, 0.1) is 12.6 Å². The number of hydrogen-bond donors (Lipinski definition) is 1. The molecule has 1 aliphatic carbocycles. The number of hydrogen-bond acceptors (Lipinski definition) is 3. The zero-order valence-corrected chi connectivity index (χ0v) is 12.8. The third-order valence-corrected chi connectivity index (χ3v) is 5.83. The minimum atomic E-state index is 0.134. The summed E-state index contributed by atoms with van der Waals surface area (Å²) in [6.07, 6.45) is 7.01. The number of nitrogens with one attached hydrogen (secondary N) is 1. The summed E-state index contributed by atoms with van der Waals surface area (Å²) >= 11 is 1.67. The van der Waals surface area contributed by atoms with Crippen molar-refractivity contribution in [1.82, 2.24) is 15.1 Å². The molecule has 4 rings (SSSR count). The lowest BCUT2D eigenvalue weighted by Gasteiger charge is -2.40. The average molecular weight is 301 g/mol. The molecule has 21 heavy (non-hydrogen) atoms. The van der Waals surface area contributed by atoms with Crippen LogP contribution in [0.1, 0.15) is 35.4 Å². The largest absolute Gasteiger partial charge is 0.341 e. The molecule has 0 saturated carbocycles. The fourth-order valence-corrected chi connectivity index (χ4v) is 4.58. The number of aromatic nitrogens is 2. The van der Waals surface area contributed by atoms with E-state index in [1.165, 1.54) is 17.7 Å². The van der Waals surface area contributed by atoms with Crippen LogP contribution in [0.2, 0.25) is 0 Å². The van der Waals surface area contributed by atoms with Gasteiger partial charge in [-0.2, -0.15) is 5.10 Å². The topological polar surface area (TPSA) is 49.0 Å². The van der Waals surface area contributed by atoms with E-state index in [1.54, 1.807) is 11.3 Å². The minimum absolute atomic E-state index is 0.134. The van der Waals surface area contributed by atoms with Crippen molar-refractivity contribution in [2.24, 2.45) is 0 Å². The Morgan fingerprint density at radius 3 is 3.29 bits per heavy atom. The van der Waals surface area contributed by atoms with Crippen molar-refractivity contribution >= 4 is 17.2 Å². The third-order valence-electron chi connectivity index (χ3n) is 4.96. The predicted molar refractivity (Wildman–Crippen MR) is 82.4 cm³/mol. The van der Waals surface area contributed by atoms with Crippen LogP contribution in [0.3, 0.4) is 0 Å². The van der Waals surface area contributed by atoms with Crippen molar-refractivity contribution in [3.8, 4) is 0 Å². The van der Waals surface area contributed by atoms with Crippen LogP contribution in [0.15, 0.2) is 23.7 Å². The summed E-state index contributed by atoms with van der Waals surface area (Å²) < 4.78 is 0. The van der Waals surface area contributed by atoms with Gasteiger partial charge in [0.25, 0.3) is 0 Å². The molecule has 1 saturated heterocycles. The molecule has 5 heteroatoms. The highest BCUT2D eigenvalue weighted by Gasteiger charge is 2.44. The van der Waals surface area contributed by atoms with Gasteiger partial charge in [-0.3, -0.25) is 9.89 Å². The molecule has 0 aromatic carbocycles. The van der Waals surface area contributed by atoms with Gasteiger partial charge in [0.15, 0.2) is 0 Å². The summed E-state index contributed by atoms with van der Waals surface area (Å²) in [7, 11) is 0. The van der Waals surface area contributed by atoms with Gasteiger partial charge in [-0.1, -0.05) is 6.07 Å². The standard InChI is InChI=1S/C16H19N3OS/c20-14(9-13-3-1-8-21-13)19-7-2-5-16(11-19)6-4-12-10-17-18-15(12)16/h1,3,8,10H,2,4-7,9,11H2,(H,17,18). The first-order chi connectivity index (χ1) is 10.3. The van der Waals surface area contributed by atoms with Crippen molar-refractivity contribution in [1.29, 1.82) is 0 Å². The summed E-state index contributed by atoms with van der Waals surface area (Å²) in [5.41, 5.74) is 2.77. The van der Waals surface area contributed by atoms with Gasteiger partial charge in [-0.15, -0.1) is 11.3 Å². The van der Waals surface area contributed by atoms with E-state index < -0.39 is 0 Å². The summed E-state index contributed by atoms with van der Waals surface area (Å²) in [5, 5.41) is 9.43. The fourth-order valence-electron chi connectivity index (χ4n) is 3.89. The van der Waals surface area contributed by atoms with Gasteiger partial charge in [-0.05, 0) is 42.7 Å². The second kappa shape index (κ2) is 4.98. The Labute approximate surface area is 128 Å². The van der Waals surface area contributed by atoms with Crippen LogP contribution in [0, 0.1) is 0 Å². The molecule has 1 atom stereocenters. The highest BCUT2D eigenvalue weighted by molar-refractivity contribution is 7.10. The van der Waals surface area contributed by atoms with Crippen molar-refractivity contribution in [3.63, 3.8) is 0 Å². The molecule has 110 valence electrons. The molecule has 0 bridgehead atoms. The molecule has 0 radical (unpaired) electrons. The van der Waals surface area contributed by atoms with Gasteiger partial charge < -0.3 is 4.90 Å². The number of carbonyl (C=O) groups excluding carboxylic acids is 1. The maximum atomic E-state index is 12.6. The van der Waals surface area contributed by atoms with Crippen LogP contribution in [0.4, 0.5) is 0 Å². The smallest absolute Gasteiger partial charge is 0.227 e. The molecule has 3 heterocycles. The minimum Gasteiger partial charge on any atom is -0.341 e. The Hall–Kier alpha value is -1.62. The lowest BCUT2D eigenvalue weighted by Crippen LogP contribution is -2.48. The van der Waals surface area contributed by atoms with Gasteiger partial charge in [-0.25, -0.2) is 0 Å². The number of rotatable bonds is 2. The monoisotopic (exact) mass is 301 g/mol. The number of fused-ring (bicyclic) bond motifs is 2. The van der Waals surface area contributed by atoms with E-state index in [9.17, 15) is 4.79 Å². The maximum Gasteiger partial charge on any atom is 0.227 e. The summed E-state index contributed by atoms with van der Waals surface area (Å²) in [6.45, 7) is 1.75. The van der Waals surface area contributed by atoms with Crippen LogP contribution in [0.25, 0.3) is 0 Å². The quantitative estimate of drug-likeness (QED) is 0.926. The fraction of sp³-hybridized carbons (Fsp3) is 0.500. The van der Waals surface area contributed by atoms with E-state index >= 15 is 0 Å². The van der Waals surface area contributed by atoms with Crippen LogP contribution in [-0.2, 0) is 23.1 Å². The molecular formula is C16H19N3OS. The number of aryl methyl sites for hydroxylation is 1. The first-order valence-corrected chi connectivity index (χ1v) is 8.48. The van der Waals surface area contributed by atoms with Gasteiger partial charge in [0, 0.05) is 29.1 Å². The van der Waals surface area contributed by atoms with Crippen LogP contribution < -0.4 is 0 Å². The Bertz CT molecular complexity index is 648. The third kappa shape index (κ3) is 2.20. The van der Waals surface area contributed by atoms with E-state index in [0.717, 1.165) is 37.2 Å². The SMILES string of the molecule is O=C(Cc1cccs1)N1CCCC2(CCc3cn[nH]c32)C1. The molecule has 2 aliphatic rings. The second-order valence-electron chi connectivity index (χ2n) is 6.23. The Kier molecular flexibility index (Phi) is 3.10. The van der Waals surface area contributed by atoms with E-state index in [-0.39, 0.29) is 11.3 Å². The highest BCUT2D eigenvalue weighted by Crippen LogP contribution is 2.43. The Balaban J connectivity index is 1.52. The molecule has 1 spiro atoms. The molecular weight excluding hydrogens is 282 g/mol. The van der Waals surface area contributed by atoms with Crippen molar-refractivity contribution in [2.45, 2.75) is 37.5 Å². The number of aromatic amines is 1. The van der Waals surface area contributed by atoms with Crippen molar-refractivity contribution in [3.05, 3.63) is 39.8 Å². The Morgan fingerprint density at radius 1 is 1.48 bits per heavy atom. The van der Waals surface area contributed by atoms with Crippen molar-refractivity contribution < 1.29 is 4.79 Å².